The van der Waals surface area contributed by atoms with Gasteiger partial charge in [-0.05, 0) is 26.2 Å². The Morgan fingerprint density at radius 2 is 2.00 bits per heavy atom. The first-order valence-electron chi connectivity index (χ1n) is 8.84. The number of hydrogen-bond acceptors (Lipinski definition) is 6. The Labute approximate surface area is 141 Å². The molecule has 0 bridgehead atoms. The number of amides is 1. The Balaban J connectivity index is 1.33. The Morgan fingerprint density at radius 1 is 1.25 bits per heavy atom. The molecule has 132 valence electrons. The number of carbonyl (C=O) groups excluding carboxylic acids is 1. The third kappa shape index (κ3) is 3.08. The van der Waals surface area contributed by atoms with Gasteiger partial charge in [-0.25, -0.2) is 0 Å². The molecule has 3 aliphatic heterocycles. The molecular formula is C17H25N3O4. The third-order valence-electron chi connectivity index (χ3n) is 5.56. The summed E-state index contributed by atoms with van der Waals surface area (Å²) in [5, 5.41) is 3.84. The Kier molecular flexibility index (Phi) is 4.32. The van der Waals surface area contributed by atoms with Gasteiger partial charge in [0.05, 0.1) is 25.4 Å². The van der Waals surface area contributed by atoms with Crippen molar-refractivity contribution in [1.29, 1.82) is 0 Å². The van der Waals surface area contributed by atoms with Crippen molar-refractivity contribution in [3.05, 3.63) is 17.5 Å². The topological polar surface area (TPSA) is 68.0 Å². The Hall–Kier alpha value is -1.44. The molecule has 3 aliphatic rings. The Bertz CT molecular complexity index is 588. The minimum Gasteiger partial charge on any atom is -0.379 e. The number of piperidine rings is 1. The summed E-state index contributed by atoms with van der Waals surface area (Å²) in [6.07, 6.45) is 2.87. The second kappa shape index (κ2) is 6.46. The van der Waals surface area contributed by atoms with E-state index in [1.165, 1.54) is 0 Å². The summed E-state index contributed by atoms with van der Waals surface area (Å²) in [5.74, 6) is 0.628. The number of carbonyl (C=O) groups is 1. The first kappa shape index (κ1) is 16.1. The maximum atomic E-state index is 12.5. The molecule has 3 fully saturated rings. The first-order chi connectivity index (χ1) is 11.7. The highest BCUT2D eigenvalue weighted by Gasteiger charge is 2.45. The van der Waals surface area contributed by atoms with Crippen molar-refractivity contribution in [3.8, 4) is 0 Å². The predicted molar refractivity (Wildman–Crippen MR) is 85.9 cm³/mol. The summed E-state index contributed by atoms with van der Waals surface area (Å²) in [7, 11) is 0. The lowest BCUT2D eigenvalue weighted by Crippen LogP contribution is -2.48. The molecule has 1 aromatic rings. The predicted octanol–water partition coefficient (Wildman–Crippen LogP) is 1.08. The highest BCUT2D eigenvalue weighted by Crippen LogP contribution is 2.38. The van der Waals surface area contributed by atoms with Crippen molar-refractivity contribution in [2.45, 2.75) is 37.8 Å². The van der Waals surface area contributed by atoms with E-state index in [1.807, 2.05) is 4.90 Å². The van der Waals surface area contributed by atoms with Crippen LogP contribution in [0.25, 0.3) is 0 Å². The van der Waals surface area contributed by atoms with Gasteiger partial charge in [0.25, 0.3) is 5.91 Å². The van der Waals surface area contributed by atoms with Crippen LogP contribution in [0.3, 0.4) is 0 Å². The number of nitrogens with zero attached hydrogens (tertiary/aromatic N) is 3. The molecule has 7 nitrogen and oxygen atoms in total. The average Bonchev–Trinajstić information content (AvgIpc) is 3.23. The van der Waals surface area contributed by atoms with E-state index >= 15 is 0 Å². The average molecular weight is 335 g/mol. The second-order valence-corrected chi connectivity index (χ2v) is 7.12. The zero-order valence-electron chi connectivity index (χ0n) is 14.2. The van der Waals surface area contributed by atoms with Crippen LogP contribution in [-0.2, 0) is 9.47 Å². The van der Waals surface area contributed by atoms with E-state index in [1.54, 1.807) is 13.0 Å². The molecule has 7 heteroatoms. The summed E-state index contributed by atoms with van der Waals surface area (Å²) in [6, 6.07) is 2.20. The molecular weight excluding hydrogens is 310 g/mol. The van der Waals surface area contributed by atoms with E-state index in [-0.39, 0.29) is 11.5 Å². The van der Waals surface area contributed by atoms with Crippen LogP contribution in [0.1, 0.15) is 35.5 Å². The molecule has 3 saturated heterocycles. The molecule has 1 spiro atoms. The van der Waals surface area contributed by atoms with Gasteiger partial charge in [0.15, 0.2) is 5.69 Å². The molecule has 1 amide bonds. The SMILES string of the molecule is Cc1cc(C(=O)N2CCC3(CC2)CC(N2CCOCC2)CO3)no1. The van der Waals surface area contributed by atoms with Crippen molar-refractivity contribution in [1.82, 2.24) is 15.0 Å². The molecule has 1 atom stereocenters. The Morgan fingerprint density at radius 3 is 2.67 bits per heavy atom. The van der Waals surface area contributed by atoms with Crippen molar-refractivity contribution < 1.29 is 18.8 Å². The molecule has 0 saturated carbocycles. The summed E-state index contributed by atoms with van der Waals surface area (Å²) < 4.78 is 16.7. The number of aromatic nitrogens is 1. The summed E-state index contributed by atoms with van der Waals surface area (Å²) in [4.78, 5) is 16.8. The van der Waals surface area contributed by atoms with Gasteiger partial charge in [0.2, 0.25) is 0 Å². The fourth-order valence-electron chi connectivity index (χ4n) is 4.09. The number of hydrogen-bond donors (Lipinski definition) is 0. The van der Waals surface area contributed by atoms with Crippen LogP contribution in [0.2, 0.25) is 0 Å². The number of aryl methyl sites for hydroxylation is 1. The minimum absolute atomic E-state index is 0.0376. The van der Waals surface area contributed by atoms with Gasteiger partial charge in [0.1, 0.15) is 5.76 Å². The van der Waals surface area contributed by atoms with E-state index < -0.39 is 0 Å². The molecule has 0 N–H and O–H groups in total. The van der Waals surface area contributed by atoms with Gasteiger partial charge in [0, 0.05) is 38.3 Å². The molecule has 0 radical (unpaired) electrons. The van der Waals surface area contributed by atoms with E-state index in [2.05, 4.69) is 10.1 Å². The van der Waals surface area contributed by atoms with Gasteiger partial charge in [-0.15, -0.1) is 0 Å². The lowest BCUT2D eigenvalue weighted by Gasteiger charge is -2.39. The minimum atomic E-state index is -0.0561. The van der Waals surface area contributed by atoms with Gasteiger partial charge in [-0.2, -0.15) is 0 Å². The van der Waals surface area contributed by atoms with E-state index in [9.17, 15) is 4.79 Å². The molecule has 0 aliphatic carbocycles. The number of morpholine rings is 1. The maximum absolute atomic E-state index is 12.5. The smallest absolute Gasteiger partial charge is 0.276 e. The normalized spacial score (nSPS) is 27.7. The quantitative estimate of drug-likeness (QED) is 0.806. The largest absolute Gasteiger partial charge is 0.379 e. The lowest BCUT2D eigenvalue weighted by atomic mass is 9.87. The van der Waals surface area contributed by atoms with Crippen molar-refractivity contribution in [3.63, 3.8) is 0 Å². The van der Waals surface area contributed by atoms with Crippen LogP contribution in [0.15, 0.2) is 10.6 Å². The zero-order chi connectivity index (χ0) is 16.6. The van der Waals surface area contributed by atoms with Gasteiger partial charge >= 0.3 is 0 Å². The zero-order valence-corrected chi connectivity index (χ0v) is 14.2. The van der Waals surface area contributed by atoms with Gasteiger partial charge < -0.3 is 18.9 Å². The fraction of sp³-hybridized carbons (Fsp3) is 0.765. The van der Waals surface area contributed by atoms with Gasteiger partial charge in [-0.1, -0.05) is 5.16 Å². The maximum Gasteiger partial charge on any atom is 0.276 e. The first-order valence-corrected chi connectivity index (χ1v) is 8.84. The van der Waals surface area contributed by atoms with Crippen molar-refractivity contribution >= 4 is 5.91 Å². The molecule has 1 unspecified atom stereocenters. The van der Waals surface area contributed by atoms with E-state index in [0.29, 0.717) is 17.5 Å². The van der Waals surface area contributed by atoms with Gasteiger partial charge in [-0.3, -0.25) is 9.69 Å². The third-order valence-corrected chi connectivity index (χ3v) is 5.56. The lowest BCUT2D eigenvalue weighted by molar-refractivity contribution is -0.0402. The number of rotatable bonds is 2. The molecule has 1 aromatic heterocycles. The molecule has 4 heterocycles. The van der Waals surface area contributed by atoms with Crippen LogP contribution in [0, 0.1) is 6.92 Å². The number of likely N-dealkylation sites (tertiary alicyclic amines) is 1. The highest BCUT2D eigenvalue weighted by molar-refractivity contribution is 5.92. The van der Waals surface area contributed by atoms with Crippen molar-refractivity contribution in [2.24, 2.45) is 0 Å². The van der Waals surface area contributed by atoms with Crippen LogP contribution in [-0.4, -0.2) is 78.5 Å². The van der Waals surface area contributed by atoms with Crippen LogP contribution < -0.4 is 0 Å². The molecule has 24 heavy (non-hydrogen) atoms. The van der Waals surface area contributed by atoms with E-state index in [4.69, 9.17) is 14.0 Å². The second-order valence-electron chi connectivity index (χ2n) is 7.12. The highest BCUT2D eigenvalue weighted by atomic mass is 16.5. The summed E-state index contributed by atoms with van der Waals surface area (Å²) >= 11 is 0. The van der Waals surface area contributed by atoms with E-state index in [0.717, 1.165) is 65.3 Å². The monoisotopic (exact) mass is 335 g/mol. The van der Waals surface area contributed by atoms with Crippen LogP contribution >= 0.6 is 0 Å². The van der Waals surface area contributed by atoms with Crippen LogP contribution in [0.4, 0.5) is 0 Å². The molecule has 0 aromatic carbocycles. The molecule has 4 rings (SSSR count). The standard InChI is InChI=1S/C17H25N3O4/c1-13-10-15(18-24-13)16(21)20-4-2-17(3-5-20)11-14(12-23-17)19-6-8-22-9-7-19/h10,14H,2-9,11-12H2,1H3. The fourth-order valence-corrected chi connectivity index (χ4v) is 4.09. The van der Waals surface area contributed by atoms with Crippen LogP contribution in [0.5, 0.6) is 0 Å². The number of ether oxygens (including phenoxy) is 2. The summed E-state index contributed by atoms with van der Waals surface area (Å²) in [6.45, 7) is 7.69. The van der Waals surface area contributed by atoms with Crippen molar-refractivity contribution in [2.75, 3.05) is 46.0 Å². The summed E-state index contributed by atoms with van der Waals surface area (Å²) in [5.41, 5.74) is 0.349.